The van der Waals surface area contributed by atoms with Crippen molar-refractivity contribution in [3.05, 3.63) is 95.3 Å². The molecule has 4 heterocycles. The molecular formula is C38H45N5O6S. The minimum atomic E-state index is -3.07. The minimum absolute atomic E-state index is 0.0463. The van der Waals surface area contributed by atoms with Crippen molar-refractivity contribution < 1.29 is 27.5 Å². The second-order valence-corrected chi connectivity index (χ2v) is 15.6. The average Bonchev–Trinajstić information content (AvgIpc) is 3.68. The Kier molecular flexibility index (Phi) is 11.1. The summed E-state index contributed by atoms with van der Waals surface area (Å²) in [5.74, 6) is 0.426. The molecule has 0 saturated carbocycles. The first-order valence-corrected chi connectivity index (χ1v) is 19.0. The van der Waals surface area contributed by atoms with E-state index in [1.165, 1.54) is 12.7 Å². The van der Waals surface area contributed by atoms with E-state index in [4.69, 9.17) is 14.6 Å². The van der Waals surface area contributed by atoms with Crippen LogP contribution >= 0.6 is 0 Å². The second kappa shape index (κ2) is 15.7. The first-order valence-electron chi connectivity index (χ1n) is 17.1. The fourth-order valence-electron chi connectivity index (χ4n) is 7.20. The molecule has 264 valence electrons. The highest BCUT2D eigenvalue weighted by Crippen LogP contribution is 2.36. The number of ether oxygens (including phenoxy) is 2. The summed E-state index contributed by atoms with van der Waals surface area (Å²) in [6.07, 6.45) is 2.98. The predicted octanol–water partition coefficient (Wildman–Crippen LogP) is 4.42. The number of rotatable bonds is 13. The number of benzene rings is 2. The minimum Gasteiger partial charge on any atom is -0.480 e. The molecule has 0 unspecified atom stereocenters. The molecule has 2 aromatic carbocycles. The van der Waals surface area contributed by atoms with E-state index in [1.54, 1.807) is 19.4 Å². The number of nitrogens with zero attached hydrogens (tertiary/aromatic N) is 4. The zero-order valence-electron chi connectivity index (χ0n) is 28.9. The molecule has 0 bridgehead atoms. The van der Waals surface area contributed by atoms with Crippen molar-refractivity contribution in [2.24, 2.45) is 5.92 Å². The van der Waals surface area contributed by atoms with Gasteiger partial charge in [-0.3, -0.25) is 9.59 Å². The maximum Gasteiger partial charge on any atom is 0.257 e. The largest absolute Gasteiger partial charge is 0.480 e. The highest BCUT2D eigenvalue weighted by Gasteiger charge is 2.35. The van der Waals surface area contributed by atoms with E-state index in [9.17, 15) is 18.0 Å². The van der Waals surface area contributed by atoms with Gasteiger partial charge in [-0.25, -0.2) is 18.1 Å². The van der Waals surface area contributed by atoms with Gasteiger partial charge in [-0.15, -0.1) is 0 Å². The molecule has 2 aliphatic heterocycles. The second-order valence-electron chi connectivity index (χ2n) is 13.3. The van der Waals surface area contributed by atoms with Crippen LogP contribution in [0.4, 0.5) is 0 Å². The Morgan fingerprint density at radius 3 is 2.36 bits per heavy atom. The summed E-state index contributed by atoms with van der Waals surface area (Å²) in [6.45, 7) is 5.14. The van der Waals surface area contributed by atoms with Crippen molar-refractivity contribution >= 4 is 21.5 Å². The van der Waals surface area contributed by atoms with E-state index >= 15 is 0 Å². The van der Waals surface area contributed by atoms with Crippen molar-refractivity contribution in [1.29, 1.82) is 0 Å². The molecule has 50 heavy (non-hydrogen) atoms. The monoisotopic (exact) mass is 699 g/mol. The average molecular weight is 700 g/mol. The number of pyridine rings is 1. The van der Waals surface area contributed by atoms with Gasteiger partial charge in [0.15, 0.2) is 0 Å². The number of carbonyl (C=O) groups excluding carboxylic acids is 2. The number of sulfone groups is 1. The molecule has 0 spiro atoms. The Labute approximate surface area is 293 Å². The number of ketones is 1. The Bertz CT molecular complexity index is 1900. The SMILES string of the molecule is COCCN1C[C@@H](CC(=O)Cc2c(C)c(-c3cnc(OC)c(C(=O)NC4CCS(=O)(=O)CC4)c3)nn2-c2ccccc2)[C@H](c2ccccc2)C1. The third-order valence-electron chi connectivity index (χ3n) is 9.91. The summed E-state index contributed by atoms with van der Waals surface area (Å²) >= 11 is 0. The van der Waals surface area contributed by atoms with Crippen LogP contribution in [0.15, 0.2) is 72.9 Å². The Hall–Kier alpha value is -4.39. The summed E-state index contributed by atoms with van der Waals surface area (Å²) in [5, 5.41) is 7.96. The van der Waals surface area contributed by atoms with E-state index in [1.807, 2.05) is 48.0 Å². The molecule has 0 radical (unpaired) electrons. The third-order valence-corrected chi connectivity index (χ3v) is 11.6. The van der Waals surface area contributed by atoms with Crippen LogP contribution in [-0.4, -0.2) is 97.8 Å². The fraction of sp³-hybridized carbons (Fsp3) is 0.421. The molecule has 2 saturated heterocycles. The van der Waals surface area contributed by atoms with E-state index < -0.39 is 9.84 Å². The van der Waals surface area contributed by atoms with Gasteiger partial charge in [0, 0.05) is 63.3 Å². The molecule has 1 N–H and O–H groups in total. The van der Waals surface area contributed by atoms with Gasteiger partial charge < -0.3 is 19.7 Å². The number of Topliss-reactive ketones (excluding diaryl/α,β-unsaturated/α-hetero) is 1. The molecule has 1 amide bonds. The number of likely N-dealkylation sites (tertiary alicyclic amines) is 1. The van der Waals surface area contributed by atoms with Gasteiger partial charge in [0.25, 0.3) is 5.91 Å². The molecule has 2 fully saturated rings. The Morgan fingerprint density at radius 1 is 0.980 bits per heavy atom. The van der Waals surface area contributed by atoms with Gasteiger partial charge >= 0.3 is 0 Å². The van der Waals surface area contributed by atoms with Gasteiger partial charge in [-0.2, -0.15) is 5.10 Å². The normalized spacial score (nSPS) is 19.3. The lowest BCUT2D eigenvalue weighted by Crippen LogP contribution is -2.41. The third kappa shape index (κ3) is 8.14. The van der Waals surface area contributed by atoms with Crippen LogP contribution in [0.25, 0.3) is 16.9 Å². The Morgan fingerprint density at radius 2 is 1.68 bits per heavy atom. The van der Waals surface area contributed by atoms with E-state index in [0.717, 1.165) is 36.6 Å². The van der Waals surface area contributed by atoms with Gasteiger partial charge in [0.05, 0.1) is 42.3 Å². The topological polar surface area (TPSA) is 133 Å². The molecular weight excluding hydrogens is 655 g/mol. The van der Waals surface area contributed by atoms with Crippen LogP contribution in [0.5, 0.6) is 5.88 Å². The number of carbonyl (C=O) groups is 2. The van der Waals surface area contributed by atoms with Crippen molar-refractivity contribution in [2.45, 2.75) is 44.6 Å². The molecule has 2 atom stereocenters. The number of amides is 1. The summed E-state index contributed by atoms with van der Waals surface area (Å²) in [4.78, 5) is 34.3. The smallest absolute Gasteiger partial charge is 0.257 e. The van der Waals surface area contributed by atoms with Crippen LogP contribution in [0.1, 0.15) is 52.4 Å². The molecule has 2 aliphatic rings. The van der Waals surface area contributed by atoms with Crippen LogP contribution in [0.2, 0.25) is 0 Å². The van der Waals surface area contributed by atoms with Gasteiger partial charge in [-0.05, 0) is 55.0 Å². The highest BCUT2D eigenvalue weighted by atomic mass is 32.2. The van der Waals surface area contributed by atoms with E-state index in [2.05, 4.69) is 39.5 Å². The standard InChI is InChI=1S/C38H45N5O6S/c1-26-35(22-32(44)20-29-24-42(16-17-48-2)25-34(29)27-10-6-4-7-11-27)43(31-12-8-5-9-13-31)41-36(26)28-21-33(38(49-3)39-23-28)37(45)40-30-14-18-50(46,47)19-15-30/h4-13,21,23,29-30,34H,14-20,22,24-25H2,1-3H3,(H,40,45)/t29-,34+/m1/s1. The number of methoxy groups -OCH3 is 2. The molecule has 6 rings (SSSR count). The van der Waals surface area contributed by atoms with Crippen molar-refractivity contribution in [3.63, 3.8) is 0 Å². The summed E-state index contributed by atoms with van der Waals surface area (Å²) in [6, 6.07) is 21.6. The van der Waals surface area contributed by atoms with E-state index in [-0.39, 0.29) is 58.9 Å². The first kappa shape index (κ1) is 35.4. The van der Waals surface area contributed by atoms with Crippen LogP contribution in [0.3, 0.4) is 0 Å². The van der Waals surface area contributed by atoms with E-state index in [0.29, 0.717) is 37.1 Å². The fourth-order valence-corrected chi connectivity index (χ4v) is 8.69. The van der Waals surface area contributed by atoms with Crippen LogP contribution in [0, 0.1) is 12.8 Å². The van der Waals surface area contributed by atoms with Gasteiger partial charge in [0.1, 0.15) is 21.2 Å². The zero-order valence-corrected chi connectivity index (χ0v) is 29.7. The zero-order chi connectivity index (χ0) is 35.3. The summed E-state index contributed by atoms with van der Waals surface area (Å²) in [7, 11) is 0.0965. The molecule has 11 nitrogen and oxygen atoms in total. The summed E-state index contributed by atoms with van der Waals surface area (Å²) < 4.78 is 36.4. The lowest BCUT2D eigenvalue weighted by atomic mass is 9.85. The number of para-hydroxylation sites is 1. The number of nitrogens with one attached hydrogen (secondary N) is 1. The Balaban J connectivity index is 1.28. The van der Waals surface area contributed by atoms with Crippen LogP contribution < -0.4 is 10.1 Å². The van der Waals surface area contributed by atoms with Crippen molar-refractivity contribution in [1.82, 2.24) is 25.0 Å². The lowest BCUT2D eigenvalue weighted by Gasteiger charge is -2.23. The quantitative estimate of drug-likeness (QED) is 0.215. The number of hydrogen-bond acceptors (Lipinski definition) is 9. The molecule has 0 aliphatic carbocycles. The number of hydrogen-bond donors (Lipinski definition) is 1. The molecule has 12 heteroatoms. The maximum absolute atomic E-state index is 14.0. The highest BCUT2D eigenvalue weighted by molar-refractivity contribution is 7.91. The molecule has 2 aromatic heterocycles. The van der Waals surface area contributed by atoms with Crippen LogP contribution in [-0.2, 0) is 25.8 Å². The summed E-state index contributed by atoms with van der Waals surface area (Å²) in [5.41, 5.74) is 5.13. The predicted molar refractivity (Wildman–Crippen MR) is 192 cm³/mol. The van der Waals surface area contributed by atoms with Gasteiger partial charge in [-0.1, -0.05) is 48.5 Å². The maximum atomic E-state index is 14.0. The van der Waals surface area contributed by atoms with Gasteiger partial charge in [0.2, 0.25) is 5.88 Å². The first-order chi connectivity index (χ1) is 24.2. The van der Waals surface area contributed by atoms with Crippen molar-refractivity contribution in [2.75, 3.05) is 52.0 Å². The van der Waals surface area contributed by atoms with Crippen molar-refractivity contribution in [3.8, 4) is 22.8 Å². The number of aromatic nitrogens is 3. The lowest BCUT2D eigenvalue weighted by molar-refractivity contribution is -0.119. The molecule has 4 aromatic rings.